The van der Waals surface area contributed by atoms with Gasteiger partial charge in [-0.15, -0.1) is 0 Å². The average molecular weight is 234 g/mol. The molecule has 0 saturated heterocycles. The fourth-order valence-electron chi connectivity index (χ4n) is 0.999. The minimum absolute atomic E-state index is 0.0534. The van der Waals surface area contributed by atoms with Crippen LogP contribution in [-0.4, -0.2) is 17.3 Å². The molecule has 1 aromatic carbocycles. The van der Waals surface area contributed by atoms with Crippen molar-refractivity contribution in [2.45, 2.75) is 6.18 Å². The van der Waals surface area contributed by atoms with Crippen molar-refractivity contribution in [2.75, 3.05) is 0 Å². The molecule has 1 aromatic rings. The minimum atomic E-state index is -4.48. The highest BCUT2D eigenvalue weighted by Gasteiger charge is 2.21. The number of hydrogen-bond donors (Lipinski definition) is 1. The largest absolute Gasteiger partial charge is 0.478 e. The summed E-state index contributed by atoms with van der Waals surface area (Å²) >= 11 is 0. The van der Waals surface area contributed by atoms with Crippen LogP contribution in [0.1, 0.15) is 15.9 Å². The fourth-order valence-corrected chi connectivity index (χ4v) is 0.999. The van der Waals surface area contributed by atoms with Crippen LogP contribution in [0.3, 0.4) is 0 Å². The lowest BCUT2D eigenvalue weighted by Crippen LogP contribution is -2.01. The standard InChI is InChI=1S/C10H6F4O2/c11-8-5-6(3-4-10(12,13)14)1-2-7(8)9(15)16/h1-5H,(H,15,16)/b4-3-. The summed E-state index contributed by atoms with van der Waals surface area (Å²) in [7, 11) is 0. The maximum Gasteiger partial charge on any atom is 0.409 e. The summed E-state index contributed by atoms with van der Waals surface area (Å²) in [5, 5.41) is 8.48. The van der Waals surface area contributed by atoms with Crippen LogP contribution in [0.4, 0.5) is 17.6 Å². The van der Waals surface area contributed by atoms with E-state index in [2.05, 4.69) is 0 Å². The number of halogens is 4. The van der Waals surface area contributed by atoms with Gasteiger partial charge in [0.2, 0.25) is 0 Å². The Hall–Kier alpha value is -1.85. The minimum Gasteiger partial charge on any atom is -0.478 e. The molecule has 0 unspecified atom stereocenters. The van der Waals surface area contributed by atoms with Gasteiger partial charge in [0.15, 0.2) is 0 Å². The number of hydrogen-bond acceptors (Lipinski definition) is 1. The van der Waals surface area contributed by atoms with Crippen LogP contribution in [0.15, 0.2) is 24.3 Å². The molecule has 0 saturated carbocycles. The Bertz CT molecular complexity index is 435. The molecule has 0 amide bonds. The first-order valence-electron chi connectivity index (χ1n) is 4.08. The number of rotatable bonds is 2. The molecule has 0 aromatic heterocycles. The van der Waals surface area contributed by atoms with Crippen LogP contribution in [-0.2, 0) is 0 Å². The van der Waals surface area contributed by atoms with Gasteiger partial charge in [0.05, 0.1) is 5.56 Å². The van der Waals surface area contributed by atoms with E-state index >= 15 is 0 Å². The van der Waals surface area contributed by atoms with Gasteiger partial charge >= 0.3 is 12.1 Å². The lowest BCUT2D eigenvalue weighted by atomic mass is 10.1. The second kappa shape index (κ2) is 4.34. The van der Waals surface area contributed by atoms with E-state index in [1.807, 2.05) is 0 Å². The van der Waals surface area contributed by atoms with Crippen LogP contribution < -0.4 is 0 Å². The van der Waals surface area contributed by atoms with Gasteiger partial charge < -0.3 is 5.11 Å². The van der Waals surface area contributed by atoms with Crippen molar-refractivity contribution < 1.29 is 27.5 Å². The molecule has 0 radical (unpaired) electrons. The molecule has 0 bridgehead atoms. The first-order chi connectivity index (χ1) is 7.29. The molecule has 16 heavy (non-hydrogen) atoms. The van der Waals surface area contributed by atoms with Crippen LogP contribution >= 0.6 is 0 Å². The van der Waals surface area contributed by atoms with E-state index in [1.165, 1.54) is 0 Å². The first-order valence-corrected chi connectivity index (χ1v) is 4.08. The van der Waals surface area contributed by atoms with E-state index in [9.17, 15) is 22.4 Å². The summed E-state index contributed by atoms with van der Waals surface area (Å²) in [5.74, 6) is -2.54. The third-order valence-electron chi connectivity index (χ3n) is 1.69. The Kier molecular flexibility index (Phi) is 3.31. The van der Waals surface area contributed by atoms with E-state index in [1.54, 1.807) is 0 Å². The molecule has 1 N–H and O–H groups in total. The molecule has 2 nitrogen and oxygen atoms in total. The Balaban J connectivity index is 2.99. The Labute approximate surface area is 87.8 Å². The second-order valence-electron chi connectivity index (χ2n) is 2.92. The summed E-state index contributed by atoms with van der Waals surface area (Å²) in [6, 6.07) is 2.73. The molecule has 0 aliphatic carbocycles. The van der Waals surface area contributed by atoms with Crippen LogP contribution in [0, 0.1) is 5.82 Å². The molecule has 86 valence electrons. The summed E-state index contributed by atoms with van der Waals surface area (Å²) in [6.45, 7) is 0. The third kappa shape index (κ3) is 3.38. The molecule has 0 aliphatic heterocycles. The molecule has 0 spiro atoms. The molecule has 0 atom stereocenters. The summed E-state index contributed by atoms with van der Waals surface area (Å²) in [6.07, 6.45) is -3.88. The predicted octanol–water partition coefficient (Wildman–Crippen LogP) is 3.10. The predicted molar refractivity (Wildman–Crippen MR) is 48.4 cm³/mol. The highest BCUT2D eigenvalue weighted by molar-refractivity contribution is 5.88. The van der Waals surface area contributed by atoms with E-state index in [0.29, 0.717) is 6.08 Å². The lowest BCUT2D eigenvalue weighted by molar-refractivity contribution is -0.0790. The van der Waals surface area contributed by atoms with Crippen molar-refractivity contribution in [1.82, 2.24) is 0 Å². The van der Waals surface area contributed by atoms with E-state index in [0.717, 1.165) is 18.2 Å². The fraction of sp³-hybridized carbons (Fsp3) is 0.100. The van der Waals surface area contributed by atoms with Gasteiger partial charge in [0, 0.05) is 6.08 Å². The zero-order chi connectivity index (χ0) is 12.3. The monoisotopic (exact) mass is 234 g/mol. The number of allylic oxidation sites excluding steroid dienone is 1. The zero-order valence-electron chi connectivity index (χ0n) is 7.75. The lowest BCUT2D eigenvalue weighted by Gasteiger charge is -2.00. The van der Waals surface area contributed by atoms with Crippen LogP contribution in [0.5, 0.6) is 0 Å². The van der Waals surface area contributed by atoms with E-state index in [4.69, 9.17) is 5.11 Å². The van der Waals surface area contributed by atoms with Gasteiger partial charge in [-0.05, 0) is 23.8 Å². The topological polar surface area (TPSA) is 37.3 Å². The SMILES string of the molecule is O=C(O)c1ccc(/C=C\C(F)(F)F)cc1F. The molecular formula is C10H6F4O2. The number of benzene rings is 1. The number of aromatic carboxylic acids is 1. The highest BCUT2D eigenvalue weighted by Crippen LogP contribution is 2.19. The maximum absolute atomic E-state index is 13.0. The van der Waals surface area contributed by atoms with Gasteiger partial charge in [0.1, 0.15) is 5.82 Å². The third-order valence-corrected chi connectivity index (χ3v) is 1.69. The smallest absolute Gasteiger partial charge is 0.409 e. The molecule has 0 heterocycles. The van der Waals surface area contributed by atoms with Gasteiger partial charge in [-0.2, -0.15) is 13.2 Å². The number of carbonyl (C=O) groups is 1. The Morgan fingerprint density at radius 3 is 2.38 bits per heavy atom. The van der Waals surface area contributed by atoms with Crippen molar-refractivity contribution in [1.29, 1.82) is 0 Å². The quantitative estimate of drug-likeness (QED) is 0.798. The normalized spacial score (nSPS) is 12.0. The average Bonchev–Trinajstić information content (AvgIpc) is 2.13. The van der Waals surface area contributed by atoms with Gasteiger partial charge in [-0.3, -0.25) is 0 Å². The Morgan fingerprint density at radius 1 is 1.31 bits per heavy atom. The van der Waals surface area contributed by atoms with Gasteiger partial charge in [-0.1, -0.05) is 6.07 Å². The van der Waals surface area contributed by atoms with Crippen LogP contribution in [0.25, 0.3) is 6.08 Å². The van der Waals surface area contributed by atoms with Gasteiger partial charge in [-0.25, -0.2) is 9.18 Å². The highest BCUT2D eigenvalue weighted by atomic mass is 19.4. The van der Waals surface area contributed by atoms with Gasteiger partial charge in [0.25, 0.3) is 0 Å². The molecule has 6 heteroatoms. The van der Waals surface area contributed by atoms with Crippen molar-refractivity contribution >= 4 is 12.0 Å². The molecule has 0 aliphatic rings. The van der Waals surface area contributed by atoms with E-state index < -0.39 is 23.5 Å². The van der Waals surface area contributed by atoms with Crippen molar-refractivity contribution in [3.63, 3.8) is 0 Å². The van der Waals surface area contributed by atoms with Crippen molar-refractivity contribution in [3.8, 4) is 0 Å². The maximum atomic E-state index is 13.0. The molecular weight excluding hydrogens is 228 g/mol. The molecule has 1 rings (SSSR count). The van der Waals surface area contributed by atoms with Crippen LogP contribution in [0.2, 0.25) is 0 Å². The summed E-state index contributed by atoms with van der Waals surface area (Å²) in [5.41, 5.74) is -0.635. The second-order valence-corrected chi connectivity index (χ2v) is 2.92. The Morgan fingerprint density at radius 2 is 1.94 bits per heavy atom. The van der Waals surface area contributed by atoms with Crippen molar-refractivity contribution in [3.05, 3.63) is 41.2 Å². The first kappa shape index (κ1) is 12.2. The number of carboxylic acids is 1. The van der Waals surface area contributed by atoms with Crippen molar-refractivity contribution in [2.24, 2.45) is 0 Å². The number of carboxylic acid groups (broad SMARTS) is 1. The zero-order valence-corrected chi connectivity index (χ0v) is 7.75. The summed E-state index contributed by atoms with van der Waals surface area (Å²) in [4.78, 5) is 10.4. The summed E-state index contributed by atoms with van der Waals surface area (Å²) < 4.78 is 48.3. The van der Waals surface area contributed by atoms with E-state index in [-0.39, 0.29) is 11.6 Å². The molecule has 0 fully saturated rings. The number of alkyl halides is 3.